The summed E-state index contributed by atoms with van der Waals surface area (Å²) in [6, 6.07) is 1.18. The summed E-state index contributed by atoms with van der Waals surface area (Å²) in [7, 11) is 0. The molecular weight excluding hydrogens is 638 g/mol. The molecule has 14 heteroatoms. The fourth-order valence-electron chi connectivity index (χ4n) is 7.55. The number of nitrogens with one attached hydrogen (secondary N) is 1. The van der Waals surface area contributed by atoms with Gasteiger partial charge in [0.15, 0.2) is 11.6 Å². The molecule has 0 radical (unpaired) electrons. The quantitative estimate of drug-likeness (QED) is 0.223. The van der Waals surface area contributed by atoms with E-state index < -0.39 is 41.8 Å². The predicted molar refractivity (Wildman–Crippen MR) is 175 cm³/mol. The highest BCUT2D eigenvalue weighted by Crippen LogP contribution is 2.38. The Labute approximate surface area is 284 Å². The molecule has 4 fully saturated rings. The van der Waals surface area contributed by atoms with Gasteiger partial charge < -0.3 is 20.7 Å². The van der Waals surface area contributed by atoms with Crippen LogP contribution in [0.1, 0.15) is 70.6 Å². The van der Waals surface area contributed by atoms with Gasteiger partial charge in [0.05, 0.1) is 24.8 Å². The fraction of sp³-hybridized carbons (Fsp3) is 0.588. The van der Waals surface area contributed by atoms with Crippen LogP contribution in [0.25, 0.3) is 0 Å². The SMILES string of the molecule is NC(=O)C(=O)C(CC(=O)C1C[C@@H](Oc2cc(Cl)ccn2)CN1C(=O)[C@H](C1CCCCC1)N1CC1C(=O)Nc1cnccn1)CC1CCC1. The monoisotopic (exact) mass is 679 g/mol. The Balaban J connectivity index is 1.24. The Morgan fingerprint density at radius 3 is 2.44 bits per heavy atom. The van der Waals surface area contributed by atoms with Gasteiger partial charge in [-0.15, -0.1) is 0 Å². The van der Waals surface area contributed by atoms with Crippen LogP contribution in [-0.2, 0) is 24.0 Å². The van der Waals surface area contributed by atoms with Gasteiger partial charge >= 0.3 is 0 Å². The topological polar surface area (TPSA) is 178 Å². The summed E-state index contributed by atoms with van der Waals surface area (Å²) in [6.07, 6.45) is 13.5. The van der Waals surface area contributed by atoms with Crippen molar-refractivity contribution in [2.24, 2.45) is 23.5 Å². The normalized spacial score (nSPS) is 25.4. The van der Waals surface area contributed by atoms with Crippen LogP contribution in [0.3, 0.4) is 0 Å². The lowest BCUT2D eigenvalue weighted by molar-refractivity contribution is -0.144. The summed E-state index contributed by atoms with van der Waals surface area (Å²) in [5.74, 6) is -2.57. The zero-order valence-corrected chi connectivity index (χ0v) is 27.6. The van der Waals surface area contributed by atoms with Crippen LogP contribution in [-0.4, -0.2) is 91.4 Å². The average Bonchev–Trinajstić information content (AvgIpc) is 3.73. The first-order chi connectivity index (χ1) is 23.2. The second kappa shape index (κ2) is 15.1. The number of aromatic nitrogens is 3. The van der Waals surface area contributed by atoms with Gasteiger partial charge in [0.25, 0.3) is 5.91 Å². The molecule has 2 saturated heterocycles. The summed E-state index contributed by atoms with van der Waals surface area (Å²) in [5.41, 5.74) is 5.40. The number of ketones is 2. The Morgan fingerprint density at radius 1 is 0.979 bits per heavy atom. The van der Waals surface area contributed by atoms with Gasteiger partial charge in [-0.1, -0.05) is 50.1 Å². The number of halogens is 1. The molecule has 2 aliphatic carbocycles. The van der Waals surface area contributed by atoms with E-state index in [0.717, 1.165) is 51.4 Å². The number of Topliss-reactive ketones (excluding diaryl/α,β-unsaturated/α-hetero) is 2. The maximum absolute atomic E-state index is 14.7. The van der Waals surface area contributed by atoms with Gasteiger partial charge in [-0.25, -0.2) is 9.97 Å². The second-order valence-corrected chi connectivity index (χ2v) is 14.0. The minimum absolute atomic E-state index is 0.00804. The number of pyridine rings is 1. The number of ether oxygens (including phenoxy) is 1. The third-order valence-electron chi connectivity index (χ3n) is 10.3. The molecule has 256 valence electrons. The van der Waals surface area contributed by atoms with Crippen LogP contribution in [0.5, 0.6) is 5.88 Å². The third-order valence-corrected chi connectivity index (χ3v) is 10.5. The first-order valence-corrected chi connectivity index (χ1v) is 17.3. The highest BCUT2D eigenvalue weighted by Gasteiger charge is 2.53. The van der Waals surface area contributed by atoms with Crippen LogP contribution >= 0.6 is 11.6 Å². The van der Waals surface area contributed by atoms with Crippen molar-refractivity contribution >= 4 is 46.7 Å². The first kappa shape index (κ1) is 33.9. The number of likely N-dealkylation sites (tertiary alicyclic amines) is 1. The third kappa shape index (κ3) is 8.00. The van der Waals surface area contributed by atoms with Crippen molar-refractivity contribution in [1.82, 2.24) is 24.8 Å². The highest BCUT2D eigenvalue weighted by atomic mass is 35.5. The van der Waals surface area contributed by atoms with Gasteiger partial charge in [-0.3, -0.25) is 33.9 Å². The number of nitrogens with zero attached hydrogens (tertiary/aromatic N) is 5. The van der Waals surface area contributed by atoms with E-state index in [1.807, 2.05) is 4.90 Å². The molecule has 4 heterocycles. The van der Waals surface area contributed by atoms with Crippen LogP contribution in [0.4, 0.5) is 5.82 Å². The number of anilines is 1. The van der Waals surface area contributed by atoms with Gasteiger partial charge in [0.2, 0.25) is 23.5 Å². The van der Waals surface area contributed by atoms with Crippen LogP contribution < -0.4 is 15.8 Å². The lowest BCUT2D eigenvalue weighted by Gasteiger charge is -2.35. The molecule has 3 amide bonds. The van der Waals surface area contributed by atoms with Crippen molar-refractivity contribution in [2.75, 3.05) is 18.4 Å². The number of amides is 3. The molecule has 6 rings (SSSR count). The molecule has 0 aromatic carbocycles. The van der Waals surface area contributed by atoms with Crippen molar-refractivity contribution in [3.05, 3.63) is 41.9 Å². The smallest absolute Gasteiger partial charge is 0.285 e. The van der Waals surface area contributed by atoms with Crippen molar-refractivity contribution < 1.29 is 28.7 Å². The van der Waals surface area contributed by atoms with Gasteiger partial charge in [-0.2, -0.15) is 0 Å². The molecule has 2 aromatic heterocycles. The molecule has 2 aromatic rings. The lowest BCUT2D eigenvalue weighted by atomic mass is 9.76. The van der Waals surface area contributed by atoms with E-state index in [1.165, 1.54) is 24.8 Å². The Bertz CT molecular complexity index is 1520. The summed E-state index contributed by atoms with van der Waals surface area (Å²) in [4.78, 5) is 82.7. The summed E-state index contributed by atoms with van der Waals surface area (Å²) in [6.45, 7) is 0.516. The van der Waals surface area contributed by atoms with Crippen molar-refractivity contribution in [3.8, 4) is 5.88 Å². The average molecular weight is 680 g/mol. The predicted octanol–water partition coefficient (Wildman–Crippen LogP) is 2.97. The molecule has 2 saturated carbocycles. The fourth-order valence-corrected chi connectivity index (χ4v) is 7.70. The Kier molecular flexibility index (Phi) is 10.6. The minimum Gasteiger partial charge on any atom is -0.472 e. The van der Waals surface area contributed by atoms with Crippen molar-refractivity contribution in [3.63, 3.8) is 0 Å². The zero-order valence-electron chi connectivity index (χ0n) is 26.8. The van der Waals surface area contributed by atoms with E-state index in [0.29, 0.717) is 23.8 Å². The first-order valence-electron chi connectivity index (χ1n) is 17.0. The zero-order chi connectivity index (χ0) is 33.8. The lowest BCUT2D eigenvalue weighted by Crippen LogP contribution is -2.52. The van der Waals surface area contributed by atoms with Crippen LogP contribution in [0.15, 0.2) is 36.9 Å². The molecule has 4 unspecified atom stereocenters. The van der Waals surface area contributed by atoms with Gasteiger partial charge in [0.1, 0.15) is 12.1 Å². The molecular formula is C34H42ClN7O6. The molecule has 2 aliphatic heterocycles. The molecule has 4 aliphatic rings. The molecule has 6 atom stereocenters. The van der Waals surface area contributed by atoms with Crippen molar-refractivity contribution in [1.29, 1.82) is 0 Å². The standard InChI is InChI=1S/C34H42ClN7O6/c35-23-9-10-39-29(15-23)48-24-16-25(27(43)14-22(31(44)32(36)45)13-20-5-4-6-20)42(18-24)34(47)30(21-7-2-1-3-8-21)41-19-26(41)33(46)40-28-17-37-11-12-38-28/h9-12,15,17,20-22,24-26,30H,1-8,13-14,16,18-19H2,(H2,36,45)(H,38,40,46)/t22?,24-,25?,26?,30+,41?/m1/s1. The van der Waals surface area contributed by atoms with E-state index in [2.05, 4.69) is 20.3 Å². The number of rotatable bonds is 14. The number of carbonyl (C=O) groups excluding carboxylic acids is 5. The molecule has 0 bridgehead atoms. The Hall–Kier alpha value is -3.97. The number of nitrogens with two attached hydrogens (primary N) is 1. The number of carbonyl (C=O) groups is 5. The largest absolute Gasteiger partial charge is 0.472 e. The van der Waals surface area contributed by atoms with Gasteiger partial charge in [0, 0.05) is 55.0 Å². The summed E-state index contributed by atoms with van der Waals surface area (Å²) < 4.78 is 6.15. The molecule has 0 spiro atoms. The van der Waals surface area contributed by atoms with E-state index in [4.69, 9.17) is 22.1 Å². The number of primary amides is 1. The van der Waals surface area contributed by atoms with Crippen LogP contribution in [0.2, 0.25) is 5.02 Å². The Morgan fingerprint density at radius 2 is 1.77 bits per heavy atom. The number of hydrogen-bond acceptors (Lipinski definition) is 10. The highest BCUT2D eigenvalue weighted by molar-refractivity contribution is 6.36. The second-order valence-electron chi connectivity index (χ2n) is 13.6. The maximum Gasteiger partial charge on any atom is 0.285 e. The van der Waals surface area contributed by atoms with E-state index in [1.54, 1.807) is 17.0 Å². The summed E-state index contributed by atoms with van der Waals surface area (Å²) >= 11 is 6.16. The number of hydrogen-bond donors (Lipinski definition) is 2. The van der Waals surface area contributed by atoms with Crippen LogP contribution in [0, 0.1) is 17.8 Å². The van der Waals surface area contributed by atoms with E-state index >= 15 is 0 Å². The molecule has 48 heavy (non-hydrogen) atoms. The maximum atomic E-state index is 14.7. The van der Waals surface area contributed by atoms with E-state index in [9.17, 15) is 24.0 Å². The van der Waals surface area contributed by atoms with E-state index in [-0.39, 0.29) is 54.7 Å². The molecule has 13 nitrogen and oxygen atoms in total. The molecule has 3 N–H and O–H groups in total. The van der Waals surface area contributed by atoms with Crippen molar-refractivity contribution in [2.45, 2.75) is 94.9 Å². The van der Waals surface area contributed by atoms with Gasteiger partial charge in [-0.05, 0) is 37.2 Å². The minimum atomic E-state index is -1.05. The summed E-state index contributed by atoms with van der Waals surface area (Å²) in [5, 5.41) is 3.23.